The smallest absolute Gasteiger partial charge is 0.130 e. The van der Waals surface area contributed by atoms with Gasteiger partial charge in [0, 0.05) is 22.2 Å². The standard InChI is InChI=1S/C15H19ClIN3/c1-9-6-5-7-11(14(9)17)13(18-3)8-12-10(2)19-20(4)15(12)16/h5-7,13,18H,8H2,1-4H3. The molecule has 0 bridgehead atoms. The van der Waals surface area contributed by atoms with E-state index in [1.54, 1.807) is 4.68 Å². The van der Waals surface area contributed by atoms with Crippen molar-refractivity contribution in [2.45, 2.75) is 26.3 Å². The molecule has 1 aromatic heterocycles. The fraction of sp³-hybridized carbons (Fsp3) is 0.400. The first-order valence-electron chi connectivity index (χ1n) is 6.56. The van der Waals surface area contributed by atoms with Crippen LogP contribution in [0.5, 0.6) is 0 Å². The fourth-order valence-electron chi connectivity index (χ4n) is 2.42. The van der Waals surface area contributed by atoms with Crippen molar-refractivity contribution in [1.29, 1.82) is 0 Å². The average molecular weight is 404 g/mol. The molecule has 2 aromatic rings. The first kappa shape index (κ1) is 15.8. The minimum absolute atomic E-state index is 0.238. The molecular formula is C15H19ClIN3. The molecule has 0 aliphatic rings. The van der Waals surface area contributed by atoms with Gasteiger partial charge in [0.05, 0.1) is 5.69 Å². The van der Waals surface area contributed by atoms with E-state index >= 15 is 0 Å². The topological polar surface area (TPSA) is 29.9 Å². The molecule has 2 rings (SSSR count). The summed E-state index contributed by atoms with van der Waals surface area (Å²) in [6.07, 6.45) is 0.842. The Labute approximate surface area is 138 Å². The summed E-state index contributed by atoms with van der Waals surface area (Å²) in [6, 6.07) is 6.66. The number of nitrogens with one attached hydrogen (secondary N) is 1. The Hall–Kier alpha value is -0.590. The van der Waals surface area contributed by atoms with Gasteiger partial charge in [-0.05, 0) is 61.0 Å². The summed E-state index contributed by atoms with van der Waals surface area (Å²) >= 11 is 8.76. The van der Waals surface area contributed by atoms with Crippen LogP contribution >= 0.6 is 34.2 Å². The highest BCUT2D eigenvalue weighted by Gasteiger charge is 2.19. The molecule has 3 nitrogen and oxygen atoms in total. The second-order valence-electron chi connectivity index (χ2n) is 5.00. The Balaban J connectivity index is 2.36. The molecule has 1 unspecified atom stereocenters. The molecule has 0 aliphatic heterocycles. The van der Waals surface area contributed by atoms with Crippen molar-refractivity contribution in [3.05, 3.63) is 49.3 Å². The number of benzene rings is 1. The van der Waals surface area contributed by atoms with Gasteiger partial charge in [-0.25, -0.2) is 0 Å². The van der Waals surface area contributed by atoms with Crippen LogP contribution in [0.4, 0.5) is 0 Å². The molecular weight excluding hydrogens is 385 g/mol. The third-order valence-corrected chi connectivity index (χ3v) is 5.57. The third kappa shape index (κ3) is 3.02. The predicted octanol–water partition coefficient (Wildman–Crippen LogP) is 3.80. The number of rotatable bonds is 4. The Morgan fingerprint density at radius 2 is 2.10 bits per heavy atom. The minimum atomic E-state index is 0.238. The monoisotopic (exact) mass is 403 g/mol. The van der Waals surface area contributed by atoms with Crippen molar-refractivity contribution in [3.63, 3.8) is 0 Å². The zero-order valence-electron chi connectivity index (χ0n) is 12.2. The number of aromatic nitrogens is 2. The maximum Gasteiger partial charge on any atom is 0.130 e. The van der Waals surface area contributed by atoms with Crippen LogP contribution in [0.2, 0.25) is 5.15 Å². The lowest BCUT2D eigenvalue weighted by atomic mass is 9.98. The SMILES string of the molecule is CNC(Cc1c(C)nn(C)c1Cl)c1cccc(C)c1I. The Kier molecular flexibility index (Phi) is 5.09. The van der Waals surface area contributed by atoms with Crippen molar-refractivity contribution in [2.24, 2.45) is 7.05 Å². The molecule has 0 aliphatic carbocycles. The molecule has 1 atom stereocenters. The first-order valence-corrected chi connectivity index (χ1v) is 8.01. The summed E-state index contributed by atoms with van der Waals surface area (Å²) in [4.78, 5) is 0. The average Bonchev–Trinajstić information content (AvgIpc) is 2.65. The van der Waals surface area contributed by atoms with Crippen LogP contribution in [0, 0.1) is 17.4 Å². The first-order chi connectivity index (χ1) is 9.45. The van der Waals surface area contributed by atoms with Gasteiger partial charge in [0.1, 0.15) is 5.15 Å². The number of aryl methyl sites for hydroxylation is 3. The molecule has 1 heterocycles. The zero-order chi connectivity index (χ0) is 14.9. The molecule has 1 N–H and O–H groups in total. The number of hydrogen-bond acceptors (Lipinski definition) is 2. The van der Waals surface area contributed by atoms with Gasteiger partial charge in [-0.15, -0.1) is 0 Å². The lowest BCUT2D eigenvalue weighted by molar-refractivity contribution is 0.587. The highest BCUT2D eigenvalue weighted by atomic mass is 127. The summed E-state index contributed by atoms with van der Waals surface area (Å²) in [5, 5.41) is 8.51. The van der Waals surface area contributed by atoms with E-state index in [-0.39, 0.29) is 6.04 Å². The highest BCUT2D eigenvalue weighted by Crippen LogP contribution is 2.29. The molecule has 0 fully saturated rings. The van der Waals surface area contributed by atoms with Crippen molar-refractivity contribution in [3.8, 4) is 0 Å². The van der Waals surface area contributed by atoms with Crippen LogP contribution in [0.1, 0.15) is 28.4 Å². The largest absolute Gasteiger partial charge is 0.313 e. The summed E-state index contributed by atoms with van der Waals surface area (Å²) in [5.41, 5.74) is 4.73. The predicted molar refractivity (Wildman–Crippen MR) is 92.4 cm³/mol. The molecule has 0 amide bonds. The normalized spacial score (nSPS) is 12.7. The van der Waals surface area contributed by atoms with Crippen LogP contribution in [0.3, 0.4) is 0 Å². The summed E-state index contributed by atoms with van der Waals surface area (Å²) in [7, 11) is 3.87. The van der Waals surface area contributed by atoms with Crippen LogP contribution in [0.15, 0.2) is 18.2 Å². The van der Waals surface area contributed by atoms with Gasteiger partial charge in [0.2, 0.25) is 0 Å². The van der Waals surface area contributed by atoms with E-state index in [4.69, 9.17) is 11.6 Å². The number of likely N-dealkylation sites (N-methyl/N-ethyl adjacent to an activating group) is 1. The highest BCUT2D eigenvalue weighted by molar-refractivity contribution is 14.1. The van der Waals surface area contributed by atoms with Crippen molar-refractivity contribution < 1.29 is 0 Å². The second kappa shape index (κ2) is 6.45. The van der Waals surface area contributed by atoms with Gasteiger partial charge >= 0.3 is 0 Å². The lowest BCUT2D eigenvalue weighted by Gasteiger charge is -2.19. The number of halogens is 2. The zero-order valence-corrected chi connectivity index (χ0v) is 15.1. The molecule has 0 saturated heterocycles. The van der Waals surface area contributed by atoms with Crippen molar-refractivity contribution in [2.75, 3.05) is 7.05 Å². The van der Waals surface area contributed by atoms with Gasteiger partial charge < -0.3 is 5.32 Å². The molecule has 20 heavy (non-hydrogen) atoms. The van der Waals surface area contributed by atoms with Gasteiger partial charge in [0.15, 0.2) is 0 Å². The summed E-state index contributed by atoms with van der Waals surface area (Å²) in [6.45, 7) is 4.15. The van der Waals surface area contributed by atoms with E-state index < -0.39 is 0 Å². The van der Waals surface area contributed by atoms with Gasteiger partial charge in [-0.2, -0.15) is 5.10 Å². The molecule has 0 radical (unpaired) electrons. The van der Waals surface area contributed by atoms with Gasteiger partial charge in [0.25, 0.3) is 0 Å². The number of hydrogen-bond donors (Lipinski definition) is 1. The third-order valence-electron chi connectivity index (χ3n) is 3.62. The van der Waals surface area contributed by atoms with E-state index in [0.29, 0.717) is 0 Å². The quantitative estimate of drug-likeness (QED) is 0.787. The maximum atomic E-state index is 6.34. The Bertz CT molecular complexity index is 622. The van der Waals surface area contributed by atoms with Crippen molar-refractivity contribution >= 4 is 34.2 Å². The molecule has 0 saturated carbocycles. The lowest BCUT2D eigenvalue weighted by Crippen LogP contribution is -2.20. The Morgan fingerprint density at radius 1 is 1.40 bits per heavy atom. The van der Waals surface area contributed by atoms with Crippen LogP contribution in [0.25, 0.3) is 0 Å². The molecule has 1 aromatic carbocycles. The fourth-order valence-corrected chi connectivity index (χ4v) is 3.40. The Morgan fingerprint density at radius 3 is 2.65 bits per heavy atom. The second-order valence-corrected chi connectivity index (χ2v) is 6.44. The summed E-state index contributed by atoms with van der Waals surface area (Å²) < 4.78 is 3.04. The minimum Gasteiger partial charge on any atom is -0.313 e. The van der Waals surface area contributed by atoms with Crippen LogP contribution in [-0.2, 0) is 13.5 Å². The molecule has 5 heteroatoms. The van der Waals surface area contributed by atoms with E-state index in [1.165, 1.54) is 14.7 Å². The summed E-state index contributed by atoms with van der Waals surface area (Å²) in [5.74, 6) is 0. The maximum absolute atomic E-state index is 6.34. The van der Waals surface area contributed by atoms with E-state index in [0.717, 1.165) is 22.8 Å². The van der Waals surface area contributed by atoms with E-state index in [2.05, 4.69) is 58.1 Å². The molecule has 108 valence electrons. The van der Waals surface area contributed by atoms with Crippen LogP contribution in [-0.4, -0.2) is 16.8 Å². The molecule has 0 spiro atoms. The van der Waals surface area contributed by atoms with Gasteiger partial charge in [-0.1, -0.05) is 29.8 Å². The van der Waals surface area contributed by atoms with Crippen molar-refractivity contribution in [1.82, 2.24) is 15.1 Å². The van der Waals surface area contributed by atoms with E-state index in [9.17, 15) is 0 Å². The van der Waals surface area contributed by atoms with Crippen LogP contribution < -0.4 is 5.32 Å². The van der Waals surface area contributed by atoms with E-state index in [1.807, 2.05) is 21.0 Å². The number of nitrogens with zero attached hydrogens (tertiary/aromatic N) is 2. The van der Waals surface area contributed by atoms with Gasteiger partial charge in [-0.3, -0.25) is 4.68 Å².